The molecule has 2 heterocycles. The summed E-state index contributed by atoms with van der Waals surface area (Å²) in [6.45, 7) is 2.06. The van der Waals surface area contributed by atoms with Crippen molar-refractivity contribution >= 4 is 10.9 Å². The Morgan fingerprint density at radius 1 is 1.36 bits per heavy atom. The van der Waals surface area contributed by atoms with Gasteiger partial charge in [0.05, 0.1) is 11.2 Å². The second-order valence-corrected chi connectivity index (χ2v) is 3.32. The van der Waals surface area contributed by atoms with E-state index in [9.17, 15) is 0 Å². The summed E-state index contributed by atoms with van der Waals surface area (Å²) >= 11 is 0. The van der Waals surface area contributed by atoms with Gasteiger partial charge in [0.15, 0.2) is 0 Å². The lowest BCUT2D eigenvalue weighted by Crippen LogP contribution is -2.10. The Kier molecular flexibility index (Phi) is 2.41. The van der Waals surface area contributed by atoms with Crippen LogP contribution in [0.5, 0.6) is 0 Å². The molecule has 2 rings (SSSR count). The van der Waals surface area contributed by atoms with Gasteiger partial charge < -0.3 is 5.73 Å². The van der Waals surface area contributed by atoms with Gasteiger partial charge in [-0.25, -0.2) is 0 Å². The molecule has 1 atom stereocenters. The first-order valence-electron chi connectivity index (χ1n) is 4.77. The van der Waals surface area contributed by atoms with E-state index >= 15 is 0 Å². The second kappa shape index (κ2) is 3.72. The van der Waals surface area contributed by atoms with E-state index in [4.69, 9.17) is 5.73 Å². The predicted octanol–water partition coefficient (Wildman–Crippen LogP) is 2.04. The van der Waals surface area contributed by atoms with Gasteiger partial charge in [-0.1, -0.05) is 6.92 Å². The maximum atomic E-state index is 5.91. The van der Waals surface area contributed by atoms with E-state index in [-0.39, 0.29) is 6.04 Å². The van der Waals surface area contributed by atoms with Crippen molar-refractivity contribution < 1.29 is 0 Å². The average molecular weight is 187 g/mol. The average Bonchev–Trinajstić information content (AvgIpc) is 2.27. The molecule has 3 nitrogen and oxygen atoms in total. The fraction of sp³-hybridized carbons (Fsp3) is 0.273. The van der Waals surface area contributed by atoms with Crippen molar-refractivity contribution in [1.29, 1.82) is 0 Å². The Balaban J connectivity index is 2.51. The molecular weight excluding hydrogens is 174 g/mol. The molecular formula is C11H13N3. The third-order valence-corrected chi connectivity index (χ3v) is 2.33. The van der Waals surface area contributed by atoms with Gasteiger partial charge in [-0.2, -0.15) is 0 Å². The molecule has 0 spiro atoms. The van der Waals surface area contributed by atoms with E-state index in [1.54, 1.807) is 6.20 Å². The number of hydrogen-bond donors (Lipinski definition) is 1. The first kappa shape index (κ1) is 9.09. The van der Waals surface area contributed by atoms with Crippen molar-refractivity contribution in [1.82, 2.24) is 9.97 Å². The molecule has 0 aliphatic heterocycles. The fourth-order valence-corrected chi connectivity index (χ4v) is 1.40. The lowest BCUT2D eigenvalue weighted by molar-refractivity contribution is 0.679. The quantitative estimate of drug-likeness (QED) is 0.782. The maximum Gasteiger partial charge on any atom is 0.0736 e. The molecule has 0 amide bonds. The molecule has 3 heteroatoms. The number of nitrogens with two attached hydrogens (primary N) is 1. The van der Waals surface area contributed by atoms with Gasteiger partial charge in [0, 0.05) is 23.8 Å². The number of hydrogen-bond acceptors (Lipinski definition) is 3. The molecule has 0 saturated heterocycles. The van der Waals surface area contributed by atoms with Crippen molar-refractivity contribution in [3.63, 3.8) is 0 Å². The van der Waals surface area contributed by atoms with Crippen LogP contribution in [-0.4, -0.2) is 9.97 Å². The van der Waals surface area contributed by atoms with Crippen molar-refractivity contribution in [2.24, 2.45) is 5.73 Å². The summed E-state index contributed by atoms with van der Waals surface area (Å²) in [4.78, 5) is 8.52. The molecule has 0 saturated carbocycles. The Morgan fingerprint density at radius 3 is 3.00 bits per heavy atom. The minimum Gasteiger partial charge on any atom is -0.323 e. The van der Waals surface area contributed by atoms with E-state index < -0.39 is 0 Å². The van der Waals surface area contributed by atoms with Gasteiger partial charge in [0.25, 0.3) is 0 Å². The monoisotopic (exact) mass is 187 g/mol. The van der Waals surface area contributed by atoms with Gasteiger partial charge in [0.1, 0.15) is 0 Å². The molecule has 14 heavy (non-hydrogen) atoms. The molecule has 2 aromatic heterocycles. The lowest BCUT2D eigenvalue weighted by atomic mass is 10.1. The molecule has 1 unspecified atom stereocenters. The Hall–Kier alpha value is -1.48. The Morgan fingerprint density at radius 2 is 2.21 bits per heavy atom. The van der Waals surface area contributed by atoms with Crippen LogP contribution in [0, 0.1) is 0 Å². The first-order valence-corrected chi connectivity index (χ1v) is 4.77. The maximum absolute atomic E-state index is 5.91. The van der Waals surface area contributed by atoms with Crippen LogP contribution in [0.3, 0.4) is 0 Å². The smallest absolute Gasteiger partial charge is 0.0736 e. The SMILES string of the molecule is CCC(N)c1ccc2cnccc2n1. The van der Waals surface area contributed by atoms with Crippen LogP contribution in [0.15, 0.2) is 30.6 Å². The molecule has 72 valence electrons. The van der Waals surface area contributed by atoms with E-state index in [1.165, 1.54) is 0 Å². The number of pyridine rings is 2. The summed E-state index contributed by atoms with van der Waals surface area (Å²) in [6, 6.07) is 5.92. The minimum atomic E-state index is 0.0348. The van der Waals surface area contributed by atoms with E-state index in [2.05, 4.69) is 16.9 Å². The largest absolute Gasteiger partial charge is 0.323 e. The van der Waals surface area contributed by atoms with Crippen LogP contribution in [0.2, 0.25) is 0 Å². The summed E-state index contributed by atoms with van der Waals surface area (Å²) in [5.41, 5.74) is 7.82. The normalized spacial score (nSPS) is 13.0. The number of nitrogens with zero attached hydrogens (tertiary/aromatic N) is 2. The summed E-state index contributed by atoms with van der Waals surface area (Å²) < 4.78 is 0. The lowest BCUT2D eigenvalue weighted by Gasteiger charge is -2.08. The third-order valence-electron chi connectivity index (χ3n) is 2.33. The summed E-state index contributed by atoms with van der Waals surface area (Å²) in [5, 5.41) is 1.06. The third kappa shape index (κ3) is 1.59. The topological polar surface area (TPSA) is 51.8 Å². The van der Waals surface area contributed by atoms with Crippen molar-refractivity contribution in [3.8, 4) is 0 Å². The van der Waals surface area contributed by atoms with Gasteiger partial charge in [-0.3, -0.25) is 9.97 Å². The van der Waals surface area contributed by atoms with Crippen molar-refractivity contribution in [2.45, 2.75) is 19.4 Å². The number of fused-ring (bicyclic) bond motifs is 1. The molecule has 0 aromatic carbocycles. The van der Waals surface area contributed by atoms with E-state index in [0.29, 0.717) is 0 Å². The first-order chi connectivity index (χ1) is 6.81. The van der Waals surface area contributed by atoms with Crippen molar-refractivity contribution in [2.75, 3.05) is 0 Å². The second-order valence-electron chi connectivity index (χ2n) is 3.32. The predicted molar refractivity (Wildman–Crippen MR) is 56.8 cm³/mol. The van der Waals surface area contributed by atoms with Gasteiger partial charge >= 0.3 is 0 Å². The molecule has 0 aliphatic carbocycles. The molecule has 0 aliphatic rings. The van der Waals surface area contributed by atoms with Gasteiger partial charge in [-0.15, -0.1) is 0 Å². The fourth-order valence-electron chi connectivity index (χ4n) is 1.40. The highest BCUT2D eigenvalue weighted by atomic mass is 14.8. The zero-order chi connectivity index (χ0) is 9.97. The summed E-state index contributed by atoms with van der Waals surface area (Å²) in [6.07, 6.45) is 4.46. The standard InChI is InChI=1S/C11H13N3/c1-2-9(12)11-4-3-8-7-13-6-5-10(8)14-11/h3-7,9H,2,12H2,1H3. The molecule has 2 N–H and O–H groups in total. The Bertz CT molecular complexity index is 439. The van der Waals surface area contributed by atoms with E-state index in [1.807, 2.05) is 24.4 Å². The molecule has 2 aromatic rings. The van der Waals surface area contributed by atoms with Crippen LogP contribution in [0.4, 0.5) is 0 Å². The molecule has 0 fully saturated rings. The molecule has 0 bridgehead atoms. The van der Waals surface area contributed by atoms with Crippen LogP contribution < -0.4 is 5.73 Å². The van der Waals surface area contributed by atoms with Gasteiger partial charge in [0.2, 0.25) is 0 Å². The zero-order valence-electron chi connectivity index (χ0n) is 8.14. The highest BCUT2D eigenvalue weighted by Gasteiger charge is 2.04. The van der Waals surface area contributed by atoms with Crippen LogP contribution in [0.1, 0.15) is 25.1 Å². The van der Waals surface area contributed by atoms with Crippen LogP contribution >= 0.6 is 0 Å². The highest BCUT2D eigenvalue weighted by Crippen LogP contribution is 2.15. The Labute approximate surface area is 83.0 Å². The number of aromatic nitrogens is 2. The minimum absolute atomic E-state index is 0.0348. The molecule has 0 radical (unpaired) electrons. The van der Waals surface area contributed by atoms with Crippen LogP contribution in [-0.2, 0) is 0 Å². The summed E-state index contributed by atoms with van der Waals surface area (Å²) in [7, 11) is 0. The summed E-state index contributed by atoms with van der Waals surface area (Å²) in [5.74, 6) is 0. The highest BCUT2D eigenvalue weighted by molar-refractivity contribution is 5.77. The van der Waals surface area contributed by atoms with Crippen molar-refractivity contribution in [3.05, 3.63) is 36.3 Å². The van der Waals surface area contributed by atoms with E-state index in [0.717, 1.165) is 23.0 Å². The van der Waals surface area contributed by atoms with Gasteiger partial charge in [-0.05, 0) is 24.6 Å². The van der Waals surface area contributed by atoms with Crippen LogP contribution in [0.25, 0.3) is 10.9 Å². The number of rotatable bonds is 2. The zero-order valence-corrected chi connectivity index (χ0v) is 8.14.